The summed E-state index contributed by atoms with van der Waals surface area (Å²) < 4.78 is 0.382. The van der Waals surface area contributed by atoms with Crippen molar-refractivity contribution in [1.82, 2.24) is 10.2 Å². The van der Waals surface area contributed by atoms with Gasteiger partial charge in [-0.3, -0.25) is 10.1 Å². The molecule has 1 N–H and O–H groups in total. The van der Waals surface area contributed by atoms with Crippen LogP contribution in [0.2, 0.25) is 0 Å². The first kappa shape index (κ1) is 12.2. The Labute approximate surface area is 102 Å². The SMILES string of the molecule is CCCC1NC(C)C(=O)N1CC1(SC)CC1. The second-order valence-electron chi connectivity index (χ2n) is 5.05. The van der Waals surface area contributed by atoms with E-state index in [1.807, 2.05) is 18.7 Å². The first-order chi connectivity index (χ1) is 7.62. The molecular formula is C12H22N2OS. The van der Waals surface area contributed by atoms with Crippen molar-refractivity contribution >= 4 is 17.7 Å². The number of amides is 1. The summed E-state index contributed by atoms with van der Waals surface area (Å²) in [6.07, 6.45) is 7.17. The van der Waals surface area contributed by atoms with Crippen LogP contribution in [0, 0.1) is 0 Å². The van der Waals surface area contributed by atoms with E-state index in [2.05, 4.69) is 23.4 Å². The number of rotatable bonds is 5. The third-order valence-corrected chi connectivity index (χ3v) is 5.14. The topological polar surface area (TPSA) is 32.3 Å². The van der Waals surface area contributed by atoms with Gasteiger partial charge in [-0.1, -0.05) is 13.3 Å². The van der Waals surface area contributed by atoms with Crippen molar-refractivity contribution in [2.24, 2.45) is 0 Å². The Bertz CT molecular complexity index is 278. The van der Waals surface area contributed by atoms with E-state index in [1.54, 1.807) is 0 Å². The minimum Gasteiger partial charge on any atom is -0.324 e. The van der Waals surface area contributed by atoms with Gasteiger partial charge in [0.1, 0.15) is 0 Å². The van der Waals surface area contributed by atoms with Crippen LogP contribution in [-0.4, -0.2) is 40.6 Å². The van der Waals surface area contributed by atoms with Crippen molar-refractivity contribution in [1.29, 1.82) is 0 Å². The van der Waals surface area contributed by atoms with Gasteiger partial charge >= 0.3 is 0 Å². The molecule has 2 fully saturated rings. The van der Waals surface area contributed by atoms with Gasteiger partial charge < -0.3 is 4.90 Å². The van der Waals surface area contributed by atoms with Gasteiger partial charge in [-0.05, 0) is 32.4 Å². The molecule has 92 valence electrons. The number of thioether (sulfide) groups is 1. The van der Waals surface area contributed by atoms with Gasteiger partial charge in [0.2, 0.25) is 5.91 Å². The maximum Gasteiger partial charge on any atom is 0.240 e. The van der Waals surface area contributed by atoms with Crippen molar-refractivity contribution in [3.63, 3.8) is 0 Å². The smallest absolute Gasteiger partial charge is 0.240 e. The molecule has 2 atom stereocenters. The van der Waals surface area contributed by atoms with Crippen molar-refractivity contribution in [3.05, 3.63) is 0 Å². The average Bonchev–Trinajstić information content (AvgIpc) is 3.00. The second kappa shape index (κ2) is 4.57. The molecule has 0 radical (unpaired) electrons. The Morgan fingerprint density at radius 1 is 1.56 bits per heavy atom. The Hall–Kier alpha value is -0.220. The average molecular weight is 242 g/mol. The summed E-state index contributed by atoms with van der Waals surface area (Å²) in [6, 6.07) is 0.00852. The number of carbonyl (C=O) groups is 1. The maximum absolute atomic E-state index is 12.1. The molecule has 16 heavy (non-hydrogen) atoms. The molecule has 1 aliphatic heterocycles. The molecule has 0 aromatic heterocycles. The zero-order valence-electron chi connectivity index (χ0n) is 10.5. The number of carbonyl (C=O) groups excluding carboxylic acids is 1. The summed E-state index contributed by atoms with van der Waals surface area (Å²) in [5, 5.41) is 3.40. The van der Waals surface area contributed by atoms with Crippen molar-refractivity contribution in [2.75, 3.05) is 12.8 Å². The quantitative estimate of drug-likeness (QED) is 0.798. The standard InChI is InChI=1S/C12H22N2OS/c1-4-5-10-13-9(2)11(15)14(10)8-12(16-3)6-7-12/h9-10,13H,4-8H2,1-3H3. The molecule has 0 aromatic rings. The van der Waals surface area contributed by atoms with E-state index in [0.717, 1.165) is 19.4 Å². The monoisotopic (exact) mass is 242 g/mol. The van der Waals surface area contributed by atoms with E-state index in [-0.39, 0.29) is 12.2 Å². The predicted molar refractivity (Wildman–Crippen MR) is 68.5 cm³/mol. The zero-order valence-corrected chi connectivity index (χ0v) is 11.3. The normalized spacial score (nSPS) is 32.2. The van der Waals surface area contributed by atoms with Crippen LogP contribution < -0.4 is 5.32 Å². The van der Waals surface area contributed by atoms with Crippen molar-refractivity contribution < 1.29 is 4.79 Å². The van der Waals surface area contributed by atoms with Crippen LogP contribution in [0.1, 0.15) is 39.5 Å². The van der Waals surface area contributed by atoms with Crippen LogP contribution in [0.3, 0.4) is 0 Å². The van der Waals surface area contributed by atoms with Crippen molar-refractivity contribution in [3.8, 4) is 0 Å². The molecule has 1 amide bonds. The Balaban J connectivity index is 2.01. The van der Waals surface area contributed by atoms with Crippen molar-refractivity contribution in [2.45, 2.75) is 56.5 Å². The molecule has 1 aliphatic carbocycles. The third kappa shape index (κ3) is 2.23. The van der Waals surface area contributed by atoms with Crippen LogP contribution in [0.5, 0.6) is 0 Å². The lowest BCUT2D eigenvalue weighted by Crippen LogP contribution is -2.41. The zero-order chi connectivity index (χ0) is 11.8. The van der Waals surface area contributed by atoms with Crippen LogP contribution in [0.15, 0.2) is 0 Å². The van der Waals surface area contributed by atoms with E-state index in [9.17, 15) is 4.79 Å². The molecule has 2 aliphatic rings. The molecule has 1 saturated carbocycles. The van der Waals surface area contributed by atoms with Crippen LogP contribution in [0.25, 0.3) is 0 Å². The highest BCUT2D eigenvalue weighted by atomic mass is 32.2. The highest BCUT2D eigenvalue weighted by Crippen LogP contribution is 2.48. The molecule has 0 bridgehead atoms. The van der Waals surface area contributed by atoms with Gasteiger partial charge in [0, 0.05) is 11.3 Å². The summed E-state index contributed by atoms with van der Waals surface area (Å²) in [6.45, 7) is 5.09. The lowest BCUT2D eigenvalue weighted by molar-refractivity contribution is -0.129. The number of hydrogen-bond acceptors (Lipinski definition) is 3. The van der Waals surface area contributed by atoms with Gasteiger partial charge in [-0.25, -0.2) is 0 Å². The Morgan fingerprint density at radius 3 is 2.75 bits per heavy atom. The summed E-state index contributed by atoms with van der Waals surface area (Å²) >= 11 is 1.93. The summed E-state index contributed by atoms with van der Waals surface area (Å²) in [7, 11) is 0. The van der Waals surface area contributed by atoms with Crippen LogP contribution in [0.4, 0.5) is 0 Å². The Kier molecular flexibility index (Phi) is 3.50. The number of nitrogens with one attached hydrogen (secondary N) is 1. The molecule has 0 aromatic carbocycles. The fraction of sp³-hybridized carbons (Fsp3) is 0.917. The fourth-order valence-corrected chi connectivity index (χ4v) is 3.21. The lowest BCUT2D eigenvalue weighted by Gasteiger charge is -2.27. The van der Waals surface area contributed by atoms with E-state index >= 15 is 0 Å². The van der Waals surface area contributed by atoms with Gasteiger partial charge in [-0.2, -0.15) is 11.8 Å². The van der Waals surface area contributed by atoms with E-state index in [4.69, 9.17) is 0 Å². The largest absolute Gasteiger partial charge is 0.324 e. The third-order valence-electron chi connectivity index (χ3n) is 3.73. The lowest BCUT2D eigenvalue weighted by atomic mass is 10.2. The fourth-order valence-electron chi connectivity index (χ4n) is 2.43. The molecule has 2 rings (SSSR count). The number of hydrogen-bond donors (Lipinski definition) is 1. The van der Waals surface area contributed by atoms with Crippen LogP contribution in [-0.2, 0) is 4.79 Å². The van der Waals surface area contributed by atoms with Gasteiger partial charge in [-0.15, -0.1) is 0 Å². The number of nitrogens with zero attached hydrogens (tertiary/aromatic N) is 1. The first-order valence-corrected chi connectivity index (χ1v) is 7.46. The molecular weight excluding hydrogens is 220 g/mol. The molecule has 3 nitrogen and oxygen atoms in total. The molecule has 4 heteroatoms. The summed E-state index contributed by atoms with van der Waals surface area (Å²) in [5.41, 5.74) is 0. The van der Waals surface area contributed by atoms with Gasteiger partial charge in [0.05, 0.1) is 12.2 Å². The highest BCUT2D eigenvalue weighted by Gasteiger charge is 2.47. The molecule has 1 heterocycles. The van der Waals surface area contributed by atoms with Crippen LogP contribution >= 0.6 is 11.8 Å². The van der Waals surface area contributed by atoms with Gasteiger partial charge in [0.15, 0.2) is 0 Å². The predicted octanol–water partition coefficient (Wildman–Crippen LogP) is 1.83. The molecule has 1 saturated heterocycles. The Morgan fingerprint density at radius 2 is 2.25 bits per heavy atom. The molecule has 2 unspecified atom stereocenters. The first-order valence-electron chi connectivity index (χ1n) is 6.23. The summed E-state index contributed by atoms with van der Waals surface area (Å²) in [4.78, 5) is 14.1. The van der Waals surface area contributed by atoms with E-state index < -0.39 is 0 Å². The van der Waals surface area contributed by atoms with Gasteiger partial charge in [0.25, 0.3) is 0 Å². The highest BCUT2D eigenvalue weighted by molar-refractivity contribution is 8.00. The molecule has 0 spiro atoms. The second-order valence-corrected chi connectivity index (χ2v) is 6.32. The van der Waals surface area contributed by atoms with E-state index in [1.165, 1.54) is 12.8 Å². The summed E-state index contributed by atoms with van der Waals surface area (Å²) in [5.74, 6) is 0.291. The minimum absolute atomic E-state index is 0.00852. The maximum atomic E-state index is 12.1. The van der Waals surface area contributed by atoms with E-state index in [0.29, 0.717) is 10.7 Å². The minimum atomic E-state index is 0.00852.